The van der Waals surface area contributed by atoms with Crippen LogP contribution in [-0.2, 0) is 39.8 Å². The molecule has 14 atom stereocenters. The van der Waals surface area contributed by atoms with Crippen LogP contribution in [-0.4, -0.2) is 83.1 Å². The van der Waals surface area contributed by atoms with Crippen molar-refractivity contribution in [3.05, 3.63) is 48.1 Å². The van der Waals surface area contributed by atoms with Gasteiger partial charge in [0.05, 0.1) is 41.9 Å². The van der Waals surface area contributed by atoms with Gasteiger partial charge in [0.15, 0.2) is 11.9 Å². The van der Waals surface area contributed by atoms with Gasteiger partial charge in [-0.3, -0.25) is 14.9 Å². The lowest BCUT2D eigenvalue weighted by Crippen LogP contribution is -2.79. The highest BCUT2D eigenvalue weighted by atomic mass is 16.7. The summed E-state index contributed by atoms with van der Waals surface area (Å²) in [5.74, 6) is 1.29. The minimum Gasteiger partial charge on any atom is -0.469 e. The number of esters is 2. The molecule has 52 heavy (non-hydrogen) atoms. The van der Waals surface area contributed by atoms with Gasteiger partial charge in [0, 0.05) is 35.4 Å². The molecule has 1 aromatic rings. The molecular formula is C41H50N2O9. The highest BCUT2D eigenvalue weighted by Crippen LogP contribution is 2.84. The van der Waals surface area contributed by atoms with E-state index in [2.05, 4.69) is 29.4 Å². The van der Waals surface area contributed by atoms with Crippen LogP contribution in [0.2, 0.25) is 0 Å². The molecule has 0 amide bonds. The number of hydrogen-bond donors (Lipinski definition) is 2. The third-order valence-electron chi connectivity index (χ3n) is 16.8. The van der Waals surface area contributed by atoms with Crippen LogP contribution >= 0.6 is 0 Å². The Hall–Kier alpha value is -2.99. The number of nitrogens with one attached hydrogen (secondary N) is 1. The zero-order chi connectivity index (χ0) is 35.6. The van der Waals surface area contributed by atoms with E-state index < -0.39 is 63.2 Å². The first kappa shape index (κ1) is 32.4. The molecule has 6 aliphatic heterocycles. The number of carbonyl (C=O) groups excluding carboxylic acids is 3. The summed E-state index contributed by atoms with van der Waals surface area (Å²) >= 11 is 0. The molecule has 2 N–H and O–H groups in total. The monoisotopic (exact) mass is 714 g/mol. The third kappa shape index (κ3) is 3.44. The molecular weight excluding hydrogens is 664 g/mol. The minimum atomic E-state index is -1.41. The zero-order valence-corrected chi connectivity index (χ0v) is 30.3. The molecule has 8 fully saturated rings. The molecule has 1 aromatic heterocycles. The Bertz CT molecular complexity index is 1840. The number of ketones is 1. The van der Waals surface area contributed by atoms with Crippen LogP contribution in [0, 0.1) is 45.3 Å². The molecule has 0 aromatic carbocycles. The maximum Gasteiger partial charge on any atom is 0.339 e. The van der Waals surface area contributed by atoms with E-state index in [1.807, 2.05) is 32.1 Å². The number of Topliss-reactive ketones (excluding diaryl/α,β-unsaturated/α-hetero) is 1. The molecule has 7 heterocycles. The van der Waals surface area contributed by atoms with Crippen LogP contribution in [0.25, 0.3) is 0 Å². The highest BCUT2D eigenvalue weighted by molar-refractivity contribution is 5.97. The van der Waals surface area contributed by atoms with Crippen molar-refractivity contribution in [3.8, 4) is 0 Å². The predicted octanol–water partition coefficient (Wildman–Crippen LogP) is 4.14. The number of rotatable bonds is 4. The average molecular weight is 715 g/mol. The third-order valence-corrected chi connectivity index (χ3v) is 16.8. The van der Waals surface area contributed by atoms with Crippen molar-refractivity contribution in [1.29, 1.82) is 0 Å². The van der Waals surface area contributed by atoms with Crippen molar-refractivity contribution in [2.75, 3.05) is 19.8 Å². The Morgan fingerprint density at radius 3 is 2.79 bits per heavy atom. The summed E-state index contributed by atoms with van der Waals surface area (Å²) < 4.78 is 31.9. The summed E-state index contributed by atoms with van der Waals surface area (Å²) in [4.78, 5) is 44.4. The predicted molar refractivity (Wildman–Crippen MR) is 183 cm³/mol. The summed E-state index contributed by atoms with van der Waals surface area (Å²) in [6.45, 7) is 7.98. The quantitative estimate of drug-likeness (QED) is 0.264. The van der Waals surface area contributed by atoms with Gasteiger partial charge in [0.2, 0.25) is 0 Å². The van der Waals surface area contributed by atoms with Gasteiger partial charge in [-0.15, -0.1) is 0 Å². The summed E-state index contributed by atoms with van der Waals surface area (Å²) in [5, 5.41) is 16.1. The van der Waals surface area contributed by atoms with E-state index in [1.165, 1.54) is 19.3 Å². The van der Waals surface area contributed by atoms with Crippen molar-refractivity contribution in [2.45, 2.75) is 120 Å². The molecule has 278 valence electrons. The van der Waals surface area contributed by atoms with E-state index in [9.17, 15) is 14.7 Å². The molecule has 11 nitrogen and oxygen atoms in total. The second-order valence-electron chi connectivity index (χ2n) is 18.7. The Labute approximate surface area is 303 Å². The van der Waals surface area contributed by atoms with E-state index in [0.29, 0.717) is 43.1 Å². The summed E-state index contributed by atoms with van der Waals surface area (Å²) in [5.41, 5.74) is -5.32. The largest absolute Gasteiger partial charge is 0.469 e. The Morgan fingerprint density at radius 2 is 1.92 bits per heavy atom. The van der Waals surface area contributed by atoms with Crippen LogP contribution in [0.3, 0.4) is 0 Å². The minimum absolute atomic E-state index is 0.0285. The number of carbonyl (C=O) groups is 3. The van der Waals surface area contributed by atoms with Crippen molar-refractivity contribution >= 4 is 17.7 Å². The van der Waals surface area contributed by atoms with Crippen molar-refractivity contribution in [3.63, 3.8) is 0 Å². The summed E-state index contributed by atoms with van der Waals surface area (Å²) in [7, 11) is 0. The first-order valence-corrected chi connectivity index (χ1v) is 19.8. The summed E-state index contributed by atoms with van der Waals surface area (Å²) in [6.07, 6.45) is 13.9. The first-order chi connectivity index (χ1) is 24.9. The van der Waals surface area contributed by atoms with Crippen LogP contribution in [0.4, 0.5) is 0 Å². The number of fused-ring (bicyclic) bond motifs is 5. The smallest absolute Gasteiger partial charge is 0.339 e. The molecule has 5 aliphatic carbocycles. The van der Waals surface area contributed by atoms with Gasteiger partial charge in [-0.25, -0.2) is 4.79 Å². The number of nitrogens with zero attached hydrogens (tertiary/aromatic N) is 1. The number of aliphatic hydroxyl groups excluding tert-OH is 1. The number of aryl methyl sites for hydroxylation is 1. The Kier molecular flexibility index (Phi) is 6.36. The number of epoxide rings is 1. The zero-order valence-electron chi connectivity index (χ0n) is 30.3. The summed E-state index contributed by atoms with van der Waals surface area (Å²) in [6, 6.07) is 2.55. The highest BCUT2D eigenvalue weighted by Gasteiger charge is 2.94. The Morgan fingerprint density at radius 1 is 1.06 bits per heavy atom. The van der Waals surface area contributed by atoms with Crippen molar-refractivity contribution in [2.24, 2.45) is 45.3 Å². The molecule has 11 aliphatic rings. The van der Waals surface area contributed by atoms with Crippen LogP contribution in [0.5, 0.6) is 0 Å². The average Bonchev–Trinajstić information content (AvgIpc) is 3.44. The molecule has 2 bridgehead atoms. The topological polar surface area (TPSA) is 140 Å². The van der Waals surface area contributed by atoms with E-state index in [4.69, 9.17) is 23.4 Å². The molecule has 12 rings (SSSR count). The van der Waals surface area contributed by atoms with Crippen LogP contribution in [0.15, 0.2) is 41.2 Å². The van der Waals surface area contributed by atoms with E-state index >= 15 is 4.79 Å². The lowest BCUT2D eigenvalue weighted by atomic mass is 9.33. The fraction of sp³-hybridized carbons (Fsp3) is 0.732. The van der Waals surface area contributed by atoms with Gasteiger partial charge >= 0.3 is 11.9 Å². The van der Waals surface area contributed by atoms with Gasteiger partial charge in [0.1, 0.15) is 30.2 Å². The molecule has 5 saturated heterocycles. The Balaban J connectivity index is 0.939. The van der Waals surface area contributed by atoms with E-state index in [1.54, 1.807) is 6.26 Å². The standard InChI is InChI=1S/C41H50N2O9/c1-36(2)40-13-4-12-38(31(45)32(40)46)28(39(40)20-49-30(44)18-29(39)51-36)9-14-37(3)33(50-35(47)34-41(37,38)52-34)25-11-16-48-27(25)8-6-22-5-7-24-23(17-22)10-15-43-21-42-19-26(24)43/h4,10-11,13,15-16,22-24,26,28-29,31,33-34,42,45H,5-9,12,14,17-21H2,1-3H3. The fourth-order valence-electron chi connectivity index (χ4n) is 14.8. The second kappa shape index (κ2) is 10.2. The molecule has 14 unspecified atom stereocenters. The van der Waals surface area contributed by atoms with Gasteiger partial charge in [0.25, 0.3) is 0 Å². The SMILES string of the molecule is CC1(C)OC2CC(=O)OCC23C2CCC4(C)C(c5ccoc5CCC5CCC6C(C=CN7CNCC67)C5)OC(=O)C5OC54C24CC=CC13C(=O)C4O. The molecule has 3 saturated carbocycles. The fourth-order valence-corrected chi connectivity index (χ4v) is 14.8. The lowest BCUT2D eigenvalue weighted by Gasteiger charge is -2.68. The van der Waals surface area contributed by atoms with Crippen LogP contribution < -0.4 is 5.32 Å². The number of ether oxygens (including phenoxy) is 4. The number of hydrogen-bond acceptors (Lipinski definition) is 11. The van der Waals surface area contributed by atoms with E-state index in [-0.39, 0.29) is 30.7 Å². The van der Waals surface area contributed by atoms with Gasteiger partial charge in [-0.2, -0.15) is 0 Å². The van der Waals surface area contributed by atoms with Crippen molar-refractivity contribution in [1.82, 2.24) is 10.2 Å². The normalized spacial score (nSPS) is 51.6. The maximum absolute atomic E-state index is 15.1. The second-order valence-corrected chi connectivity index (χ2v) is 18.7. The van der Waals surface area contributed by atoms with Gasteiger partial charge in [-0.1, -0.05) is 31.6 Å². The molecule has 0 radical (unpaired) electrons. The number of aliphatic hydroxyl groups is 1. The number of cyclic esters (lactones) is 2. The van der Waals surface area contributed by atoms with E-state index in [0.717, 1.165) is 37.4 Å². The number of furan rings is 1. The van der Waals surface area contributed by atoms with Crippen LogP contribution in [0.1, 0.15) is 89.6 Å². The van der Waals surface area contributed by atoms with Crippen molar-refractivity contribution < 1.29 is 42.9 Å². The lowest BCUT2D eigenvalue weighted by molar-refractivity contribution is -0.262. The molecule has 4 spiro atoms. The first-order valence-electron chi connectivity index (χ1n) is 19.8. The number of allylic oxidation sites excluding steroid dienone is 2. The van der Waals surface area contributed by atoms with Gasteiger partial charge in [-0.05, 0) is 88.3 Å². The van der Waals surface area contributed by atoms with Gasteiger partial charge < -0.3 is 33.4 Å². The molecule has 11 heteroatoms. The maximum atomic E-state index is 15.1.